The molecule has 4 heteroatoms. The van der Waals surface area contributed by atoms with E-state index in [1.54, 1.807) is 0 Å². The largest absolute Gasteiger partial charge is 0.298 e. The fraction of sp³-hybridized carbons (Fsp3) is 0.941. The van der Waals surface area contributed by atoms with Crippen LogP contribution in [0.15, 0.2) is 0 Å². The molecule has 2 aliphatic heterocycles. The van der Waals surface area contributed by atoms with Crippen LogP contribution < -0.4 is 0 Å². The highest BCUT2D eigenvalue weighted by atomic mass is 127. The second-order valence-corrected chi connectivity index (χ2v) is 9.23. The molecule has 0 amide bonds. The molecule has 2 saturated heterocycles. The van der Waals surface area contributed by atoms with Crippen LogP contribution in [-0.2, 0) is 4.79 Å². The summed E-state index contributed by atoms with van der Waals surface area (Å²) in [5, 5.41) is 0. The lowest BCUT2D eigenvalue weighted by Crippen LogP contribution is -2.50. The first-order valence-corrected chi connectivity index (χ1v) is 9.97. The van der Waals surface area contributed by atoms with Gasteiger partial charge in [0.2, 0.25) is 0 Å². The first kappa shape index (κ1) is 16.2. The van der Waals surface area contributed by atoms with Crippen molar-refractivity contribution in [3.05, 3.63) is 0 Å². The fourth-order valence-corrected chi connectivity index (χ4v) is 5.35. The van der Waals surface area contributed by atoms with Gasteiger partial charge in [-0.05, 0) is 57.9 Å². The molecule has 3 nitrogen and oxygen atoms in total. The number of rotatable bonds is 3. The molecule has 3 rings (SSSR count). The summed E-state index contributed by atoms with van der Waals surface area (Å²) < 4.78 is 0.797. The molecule has 21 heavy (non-hydrogen) atoms. The second kappa shape index (κ2) is 6.83. The number of carbonyl (C=O) groups excluding carboxylic acids is 1. The standard InChI is InChI=1S/C17H29IN2O/c1-12-4-3-9-19-10-13(2)20(17(12)19)11-16(21)14-5-7-15(18)8-6-14/h12-15,17H,3-11H2,1-2H3. The summed E-state index contributed by atoms with van der Waals surface area (Å²) in [4.78, 5) is 17.9. The number of fused-ring (bicyclic) bond motifs is 1. The van der Waals surface area contributed by atoms with E-state index < -0.39 is 0 Å². The zero-order valence-electron chi connectivity index (χ0n) is 13.4. The number of alkyl halides is 1. The van der Waals surface area contributed by atoms with Crippen LogP contribution in [0.1, 0.15) is 52.4 Å². The third-order valence-corrected chi connectivity index (χ3v) is 7.09. The summed E-state index contributed by atoms with van der Waals surface area (Å²) in [6.45, 7) is 7.75. The Kier molecular flexibility index (Phi) is 5.27. The molecule has 0 spiro atoms. The number of ketones is 1. The molecule has 1 aliphatic carbocycles. The fourth-order valence-electron chi connectivity index (χ4n) is 4.63. The van der Waals surface area contributed by atoms with Gasteiger partial charge in [0.25, 0.3) is 0 Å². The number of halogens is 1. The summed E-state index contributed by atoms with van der Waals surface area (Å²) in [6, 6.07) is 0.542. The molecule has 3 aliphatic rings. The normalized spacial score (nSPS) is 42.0. The van der Waals surface area contributed by atoms with Crippen LogP contribution in [0.25, 0.3) is 0 Å². The van der Waals surface area contributed by atoms with Gasteiger partial charge in [0, 0.05) is 22.4 Å². The maximum absolute atomic E-state index is 12.7. The van der Waals surface area contributed by atoms with Gasteiger partial charge >= 0.3 is 0 Å². The maximum atomic E-state index is 12.7. The Hall–Kier alpha value is 0.320. The van der Waals surface area contributed by atoms with E-state index in [-0.39, 0.29) is 0 Å². The van der Waals surface area contributed by atoms with Crippen LogP contribution in [0.5, 0.6) is 0 Å². The van der Waals surface area contributed by atoms with Gasteiger partial charge in [-0.15, -0.1) is 0 Å². The van der Waals surface area contributed by atoms with E-state index in [1.807, 2.05) is 0 Å². The first-order chi connectivity index (χ1) is 10.1. The Bertz CT molecular complexity index is 381. The predicted molar refractivity (Wildman–Crippen MR) is 94.7 cm³/mol. The highest BCUT2D eigenvalue weighted by molar-refractivity contribution is 14.1. The molecule has 0 bridgehead atoms. The molecule has 0 radical (unpaired) electrons. The van der Waals surface area contributed by atoms with Gasteiger partial charge in [-0.2, -0.15) is 0 Å². The van der Waals surface area contributed by atoms with Crippen LogP contribution in [0.3, 0.4) is 0 Å². The average molecular weight is 404 g/mol. The molecular weight excluding hydrogens is 375 g/mol. The molecule has 0 N–H and O–H groups in total. The van der Waals surface area contributed by atoms with Crippen molar-refractivity contribution in [3.63, 3.8) is 0 Å². The first-order valence-electron chi connectivity index (χ1n) is 8.73. The number of hydrogen-bond donors (Lipinski definition) is 0. The van der Waals surface area contributed by atoms with E-state index in [2.05, 4.69) is 46.2 Å². The van der Waals surface area contributed by atoms with Crippen molar-refractivity contribution in [2.45, 2.75) is 68.5 Å². The van der Waals surface area contributed by atoms with Crippen LogP contribution in [0.2, 0.25) is 0 Å². The molecule has 1 saturated carbocycles. The monoisotopic (exact) mass is 404 g/mol. The quantitative estimate of drug-likeness (QED) is 0.533. The van der Waals surface area contributed by atoms with Crippen LogP contribution >= 0.6 is 22.6 Å². The van der Waals surface area contributed by atoms with E-state index in [0.717, 1.165) is 23.3 Å². The van der Waals surface area contributed by atoms with Gasteiger partial charge < -0.3 is 0 Å². The minimum Gasteiger partial charge on any atom is -0.298 e. The Balaban J connectivity index is 1.61. The zero-order valence-corrected chi connectivity index (χ0v) is 15.6. The van der Waals surface area contributed by atoms with Gasteiger partial charge in [-0.25, -0.2) is 0 Å². The summed E-state index contributed by atoms with van der Waals surface area (Å²) in [6.07, 6.45) is 7.89. The summed E-state index contributed by atoms with van der Waals surface area (Å²) in [7, 11) is 0. The van der Waals surface area contributed by atoms with Crippen LogP contribution in [0.4, 0.5) is 0 Å². The zero-order chi connectivity index (χ0) is 15.0. The van der Waals surface area contributed by atoms with Crippen molar-refractivity contribution in [1.29, 1.82) is 0 Å². The van der Waals surface area contributed by atoms with Crippen molar-refractivity contribution >= 4 is 28.4 Å². The minimum atomic E-state index is 0.344. The Labute approximate surface area is 143 Å². The molecule has 3 atom stereocenters. The van der Waals surface area contributed by atoms with Crippen molar-refractivity contribution < 1.29 is 4.79 Å². The number of nitrogens with zero attached hydrogens (tertiary/aromatic N) is 2. The van der Waals surface area contributed by atoms with Crippen molar-refractivity contribution in [1.82, 2.24) is 9.80 Å². The van der Waals surface area contributed by atoms with E-state index in [1.165, 1.54) is 32.2 Å². The van der Waals surface area contributed by atoms with Crippen LogP contribution in [-0.4, -0.2) is 51.3 Å². The smallest absolute Gasteiger partial charge is 0.149 e. The molecule has 0 aromatic heterocycles. The number of Topliss-reactive ketones (excluding diaryl/α,β-unsaturated/α-hetero) is 1. The number of hydrogen-bond acceptors (Lipinski definition) is 3. The Morgan fingerprint density at radius 1 is 1.14 bits per heavy atom. The van der Waals surface area contributed by atoms with Crippen molar-refractivity contribution in [2.75, 3.05) is 19.6 Å². The summed E-state index contributed by atoms with van der Waals surface area (Å²) in [5.74, 6) is 1.57. The van der Waals surface area contributed by atoms with Crippen LogP contribution in [0, 0.1) is 11.8 Å². The topological polar surface area (TPSA) is 23.6 Å². The maximum Gasteiger partial charge on any atom is 0.149 e. The SMILES string of the molecule is CC1CCCN2CC(C)N(CC(=O)C3CCC(I)CC3)C12. The predicted octanol–water partition coefficient (Wildman–Crippen LogP) is 3.31. The van der Waals surface area contributed by atoms with Crippen molar-refractivity contribution in [3.8, 4) is 0 Å². The van der Waals surface area contributed by atoms with Crippen molar-refractivity contribution in [2.24, 2.45) is 11.8 Å². The molecule has 3 fully saturated rings. The lowest BCUT2D eigenvalue weighted by molar-refractivity contribution is -0.126. The Morgan fingerprint density at radius 3 is 2.57 bits per heavy atom. The highest BCUT2D eigenvalue weighted by Crippen LogP contribution is 2.34. The lowest BCUT2D eigenvalue weighted by Gasteiger charge is -2.39. The van der Waals surface area contributed by atoms with Gasteiger partial charge in [0.1, 0.15) is 5.78 Å². The molecule has 3 unspecified atom stereocenters. The van der Waals surface area contributed by atoms with E-state index in [0.29, 0.717) is 36.4 Å². The molecule has 0 aromatic carbocycles. The van der Waals surface area contributed by atoms with Gasteiger partial charge in [0.15, 0.2) is 0 Å². The number of carbonyl (C=O) groups is 1. The Morgan fingerprint density at radius 2 is 1.86 bits per heavy atom. The van der Waals surface area contributed by atoms with E-state index >= 15 is 0 Å². The average Bonchev–Trinajstić information content (AvgIpc) is 2.77. The third-order valence-electron chi connectivity index (χ3n) is 5.84. The molecule has 0 aromatic rings. The minimum absolute atomic E-state index is 0.344. The lowest BCUT2D eigenvalue weighted by atomic mass is 9.85. The van der Waals surface area contributed by atoms with Gasteiger partial charge in [-0.3, -0.25) is 14.6 Å². The second-order valence-electron chi connectivity index (χ2n) is 7.46. The molecule has 120 valence electrons. The number of piperidine rings is 1. The highest BCUT2D eigenvalue weighted by Gasteiger charge is 2.43. The molecular formula is C17H29IN2O. The van der Waals surface area contributed by atoms with E-state index in [4.69, 9.17) is 0 Å². The van der Waals surface area contributed by atoms with Gasteiger partial charge in [0.05, 0.1) is 12.7 Å². The van der Waals surface area contributed by atoms with Gasteiger partial charge in [-0.1, -0.05) is 29.5 Å². The third kappa shape index (κ3) is 3.47. The summed E-state index contributed by atoms with van der Waals surface area (Å²) >= 11 is 2.54. The van der Waals surface area contributed by atoms with E-state index in [9.17, 15) is 4.79 Å². The molecule has 2 heterocycles. The summed E-state index contributed by atoms with van der Waals surface area (Å²) in [5.41, 5.74) is 0.